The lowest BCUT2D eigenvalue weighted by Gasteiger charge is -2.06. The highest BCUT2D eigenvalue weighted by molar-refractivity contribution is 7.98. The average Bonchev–Trinajstić information content (AvgIpc) is 3.10. The van der Waals surface area contributed by atoms with E-state index in [1.807, 2.05) is 49.6 Å². The largest absolute Gasteiger partial charge is 0.236 e. The van der Waals surface area contributed by atoms with Crippen LogP contribution in [0.25, 0.3) is 22.3 Å². The van der Waals surface area contributed by atoms with Gasteiger partial charge in [0.25, 0.3) is 0 Å². The maximum absolute atomic E-state index is 6.39. The molecule has 0 aliphatic rings. The first-order valence-corrected chi connectivity index (χ1v) is 9.71. The highest BCUT2D eigenvalue weighted by atomic mass is 35.5. The highest BCUT2D eigenvalue weighted by Gasteiger charge is 2.11. The zero-order chi connectivity index (χ0) is 18.1. The van der Waals surface area contributed by atoms with Gasteiger partial charge in [-0.3, -0.25) is 0 Å². The van der Waals surface area contributed by atoms with E-state index in [-0.39, 0.29) is 0 Å². The monoisotopic (exact) mass is 381 g/mol. The second-order valence-electron chi connectivity index (χ2n) is 5.96. The second kappa shape index (κ2) is 7.05. The van der Waals surface area contributed by atoms with E-state index in [9.17, 15) is 0 Å². The van der Waals surface area contributed by atoms with Crippen LogP contribution in [0.15, 0.2) is 53.4 Å². The molecular formula is C19H16ClN5S. The molecule has 0 radical (unpaired) electrons. The van der Waals surface area contributed by atoms with Gasteiger partial charge < -0.3 is 0 Å². The lowest BCUT2D eigenvalue weighted by atomic mass is 10.1. The molecule has 130 valence electrons. The molecule has 0 unspecified atom stereocenters. The number of aromatic nitrogens is 5. The minimum atomic E-state index is 0.422. The van der Waals surface area contributed by atoms with Gasteiger partial charge in [-0.2, -0.15) is 4.80 Å². The van der Waals surface area contributed by atoms with Gasteiger partial charge in [0.1, 0.15) is 5.15 Å². The van der Waals surface area contributed by atoms with Crippen molar-refractivity contribution in [1.29, 1.82) is 0 Å². The molecule has 26 heavy (non-hydrogen) atoms. The van der Waals surface area contributed by atoms with Crippen LogP contribution in [0.2, 0.25) is 5.15 Å². The molecular weight excluding hydrogens is 366 g/mol. The maximum Gasteiger partial charge on any atom is 0.205 e. The third-order valence-corrected chi connectivity index (χ3v) is 5.25. The first-order chi connectivity index (χ1) is 12.6. The molecule has 0 spiro atoms. The summed E-state index contributed by atoms with van der Waals surface area (Å²) in [5, 5.41) is 14.3. The van der Waals surface area contributed by atoms with Crippen molar-refractivity contribution < 1.29 is 0 Å². The summed E-state index contributed by atoms with van der Waals surface area (Å²) in [5.41, 5.74) is 3.84. The Morgan fingerprint density at radius 3 is 2.77 bits per heavy atom. The second-order valence-corrected chi connectivity index (χ2v) is 7.19. The Labute approximate surface area is 160 Å². The summed E-state index contributed by atoms with van der Waals surface area (Å²) in [6.45, 7) is 2.45. The van der Waals surface area contributed by atoms with Crippen molar-refractivity contribution in [1.82, 2.24) is 25.2 Å². The SMILES string of the molecule is CSc1ccc2cc(Cn3nnc(-c4ccccc4C)n3)c(Cl)nc2c1. The van der Waals surface area contributed by atoms with Gasteiger partial charge in [0.05, 0.1) is 12.1 Å². The molecule has 0 atom stereocenters. The number of aryl methyl sites for hydroxylation is 1. The van der Waals surface area contributed by atoms with E-state index in [2.05, 4.69) is 32.5 Å². The number of nitrogens with zero attached hydrogens (tertiary/aromatic N) is 5. The Kier molecular flexibility index (Phi) is 4.61. The van der Waals surface area contributed by atoms with Crippen molar-refractivity contribution in [2.24, 2.45) is 0 Å². The summed E-state index contributed by atoms with van der Waals surface area (Å²) >= 11 is 8.07. The van der Waals surface area contributed by atoms with Crippen LogP contribution in [-0.4, -0.2) is 31.4 Å². The van der Waals surface area contributed by atoms with Gasteiger partial charge in [-0.25, -0.2) is 4.98 Å². The molecule has 0 saturated heterocycles. The van der Waals surface area contributed by atoms with E-state index < -0.39 is 0 Å². The molecule has 0 saturated carbocycles. The van der Waals surface area contributed by atoms with Gasteiger partial charge in [0.15, 0.2) is 0 Å². The Balaban J connectivity index is 1.65. The van der Waals surface area contributed by atoms with E-state index in [0.29, 0.717) is 17.5 Å². The van der Waals surface area contributed by atoms with Crippen LogP contribution in [-0.2, 0) is 6.54 Å². The molecule has 0 amide bonds. The normalized spacial score (nSPS) is 11.2. The summed E-state index contributed by atoms with van der Waals surface area (Å²) in [5.74, 6) is 0.609. The van der Waals surface area contributed by atoms with Gasteiger partial charge in [-0.1, -0.05) is 41.9 Å². The number of fused-ring (bicyclic) bond motifs is 1. The van der Waals surface area contributed by atoms with Gasteiger partial charge in [-0.15, -0.1) is 22.0 Å². The third-order valence-electron chi connectivity index (χ3n) is 4.20. The summed E-state index contributed by atoms with van der Waals surface area (Å²) in [7, 11) is 0. The predicted molar refractivity (Wildman–Crippen MR) is 106 cm³/mol. The van der Waals surface area contributed by atoms with E-state index >= 15 is 0 Å². The number of hydrogen-bond acceptors (Lipinski definition) is 5. The molecule has 0 aliphatic heterocycles. The van der Waals surface area contributed by atoms with Crippen molar-refractivity contribution in [3.05, 3.63) is 64.8 Å². The highest BCUT2D eigenvalue weighted by Crippen LogP contribution is 2.25. The summed E-state index contributed by atoms with van der Waals surface area (Å²) in [6.07, 6.45) is 2.04. The number of rotatable bonds is 4. The maximum atomic E-state index is 6.39. The molecule has 0 bridgehead atoms. The number of benzene rings is 2. The van der Waals surface area contributed by atoms with Crippen LogP contribution in [0, 0.1) is 6.92 Å². The van der Waals surface area contributed by atoms with Gasteiger partial charge >= 0.3 is 0 Å². The first kappa shape index (κ1) is 17.0. The van der Waals surface area contributed by atoms with Crippen molar-refractivity contribution in [2.75, 3.05) is 6.26 Å². The van der Waals surface area contributed by atoms with Crippen LogP contribution < -0.4 is 0 Å². The number of tetrazole rings is 1. The van der Waals surface area contributed by atoms with Crippen LogP contribution in [0.5, 0.6) is 0 Å². The topological polar surface area (TPSA) is 56.5 Å². The standard InChI is InChI=1S/C19H16ClN5S/c1-12-5-3-4-6-16(12)19-22-24-25(23-19)11-14-9-13-7-8-15(26-2)10-17(13)21-18(14)20/h3-10H,11H2,1-2H3. The average molecular weight is 382 g/mol. The van der Waals surface area contributed by atoms with Gasteiger partial charge in [-0.05, 0) is 42.2 Å². The molecule has 2 heterocycles. The fourth-order valence-electron chi connectivity index (χ4n) is 2.80. The fourth-order valence-corrected chi connectivity index (χ4v) is 3.44. The number of thioether (sulfide) groups is 1. The van der Waals surface area contributed by atoms with Crippen molar-refractivity contribution >= 4 is 34.3 Å². The minimum Gasteiger partial charge on any atom is -0.236 e. The van der Waals surface area contributed by atoms with Crippen molar-refractivity contribution in [3.8, 4) is 11.4 Å². The number of halogens is 1. The number of hydrogen-bond donors (Lipinski definition) is 0. The van der Waals surface area contributed by atoms with E-state index in [4.69, 9.17) is 11.6 Å². The van der Waals surface area contributed by atoms with Crippen LogP contribution in [0.4, 0.5) is 0 Å². The predicted octanol–water partition coefficient (Wildman–Crippen LogP) is 4.62. The Morgan fingerprint density at radius 2 is 1.96 bits per heavy atom. The van der Waals surface area contributed by atoms with E-state index in [1.54, 1.807) is 16.6 Å². The summed E-state index contributed by atoms with van der Waals surface area (Å²) < 4.78 is 0. The fraction of sp³-hybridized carbons (Fsp3) is 0.158. The first-order valence-electron chi connectivity index (χ1n) is 8.11. The lowest BCUT2D eigenvalue weighted by Crippen LogP contribution is -2.05. The van der Waals surface area contributed by atoms with Crippen LogP contribution in [0.1, 0.15) is 11.1 Å². The summed E-state index contributed by atoms with van der Waals surface area (Å²) in [4.78, 5) is 7.23. The zero-order valence-electron chi connectivity index (χ0n) is 14.3. The van der Waals surface area contributed by atoms with Crippen LogP contribution >= 0.6 is 23.4 Å². The van der Waals surface area contributed by atoms with Crippen LogP contribution in [0.3, 0.4) is 0 Å². The molecule has 4 aromatic rings. The van der Waals surface area contributed by atoms with Gasteiger partial charge in [0, 0.05) is 21.4 Å². The zero-order valence-corrected chi connectivity index (χ0v) is 15.9. The number of pyridine rings is 1. The van der Waals surface area contributed by atoms with E-state index in [1.165, 1.54) is 0 Å². The molecule has 7 heteroatoms. The Hall–Kier alpha value is -2.44. The molecule has 0 N–H and O–H groups in total. The molecule has 5 nitrogen and oxygen atoms in total. The molecule has 2 aromatic carbocycles. The molecule has 0 aliphatic carbocycles. The third kappa shape index (κ3) is 3.30. The summed E-state index contributed by atoms with van der Waals surface area (Å²) in [6, 6.07) is 16.2. The van der Waals surface area contributed by atoms with Gasteiger partial charge in [0.2, 0.25) is 5.82 Å². The van der Waals surface area contributed by atoms with Crippen molar-refractivity contribution in [2.45, 2.75) is 18.4 Å². The van der Waals surface area contributed by atoms with Crippen molar-refractivity contribution in [3.63, 3.8) is 0 Å². The van der Waals surface area contributed by atoms with E-state index in [0.717, 1.165) is 32.5 Å². The smallest absolute Gasteiger partial charge is 0.205 e. The lowest BCUT2D eigenvalue weighted by molar-refractivity contribution is 0.572. The quantitative estimate of drug-likeness (QED) is 0.381. The Bertz CT molecular complexity index is 1090. The molecule has 2 aromatic heterocycles. The molecule has 4 rings (SSSR count). The molecule has 0 fully saturated rings. The minimum absolute atomic E-state index is 0.422. The Morgan fingerprint density at radius 1 is 1.12 bits per heavy atom.